The van der Waals surface area contributed by atoms with Crippen molar-refractivity contribution >= 4 is 7.52 Å². The highest BCUT2D eigenvalue weighted by Crippen LogP contribution is 2.43. The Hall–Kier alpha value is 0.150. The lowest BCUT2D eigenvalue weighted by molar-refractivity contribution is 0.339. The molecule has 0 rings (SSSR count). The fraction of sp³-hybridized carbons (Fsp3) is 1.00. The first-order valence-electron chi connectivity index (χ1n) is 2.89. The predicted octanol–water partition coefficient (Wildman–Crippen LogP) is 1.41. The number of nitrogens with zero attached hydrogens (tertiary/aromatic N) is 1. The van der Waals surface area contributed by atoms with Gasteiger partial charge in [-0.1, -0.05) is 6.92 Å². The normalized spacial score (nSPS) is 17.9. The van der Waals surface area contributed by atoms with Gasteiger partial charge in [0.1, 0.15) is 0 Å². The van der Waals surface area contributed by atoms with Crippen LogP contribution in [0, 0.1) is 0 Å². The van der Waals surface area contributed by atoms with Crippen LogP contribution < -0.4 is 0 Å². The summed E-state index contributed by atoms with van der Waals surface area (Å²) in [7, 11) is 0.816. The van der Waals surface area contributed by atoms with Crippen LogP contribution in [0.3, 0.4) is 0 Å². The van der Waals surface area contributed by atoms with Gasteiger partial charge in [-0.25, -0.2) is 4.67 Å². The van der Waals surface area contributed by atoms with Gasteiger partial charge in [0, 0.05) is 20.3 Å². The van der Waals surface area contributed by atoms with Crippen molar-refractivity contribution in [2.45, 2.75) is 6.92 Å². The molecule has 0 radical (unpaired) electrons. The Morgan fingerprint density at radius 3 is 2.22 bits per heavy atom. The molecule has 0 aliphatic carbocycles. The van der Waals surface area contributed by atoms with Gasteiger partial charge >= 0.3 is 0 Å². The van der Waals surface area contributed by atoms with Gasteiger partial charge in [0.25, 0.3) is 7.52 Å². The zero-order valence-electron chi connectivity index (χ0n) is 6.42. The smallest absolute Gasteiger partial charge is 0.268 e. The fourth-order valence-electron chi connectivity index (χ4n) is 0.396. The maximum atomic E-state index is 11.2. The van der Waals surface area contributed by atoms with Gasteiger partial charge < -0.3 is 4.52 Å². The monoisotopic (exact) mass is 151 g/mol. The van der Waals surface area contributed by atoms with Crippen LogP contribution >= 0.6 is 7.52 Å². The summed E-state index contributed by atoms with van der Waals surface area (Å²) in [6.07, 6.45) is 0. The molecule has 0 saturated heterocycles. The van der Waals surface area contributed by atoms with E-state index in [-0.39, 0.29) is 0 Å². The highest BCUT2D eigenvalue weighted by Gasteiger charge is 2.17. The summed E-state index contributed by atoms with van der Waals surface area (Å²) in [4.78, 5) is 0. The summed E-state index contributed by atoms with van der Waals surface area (Å²) in [5.74, 6) is 0. The first kappa shape index (κ1) is 9.15. The topological polar surface area (TPSA) is 29.5 Å². The Labute approximate surface area is 56.5 Å². The lowest BCUT2D eigenvalue weighted by Gasteiger charge is -2.20. The molecule has 0 aromatic heterocycles. The Morgan fingerprint density at radius 2 is 2.11 bits per heavy atom. The van der Waals surface area contributed by atoms with Crippen LogP contribution in [0.25, 0.3) is 0 Å². The molecule has 0 aliphatic rings. The van der Waals surface area contributed by atoms with E-state index >= 15 is 0 Å². The molecule has 4 heteroatoms. The van der Waals surface area contributed by atoms with Crippen molar-refractivity contribution in [3.05, 3.63) is 0 Å². The lowest BCUT2D eigenvalue weighted by Crippen LogP contribution is -2.13. The molecular formula is C5H14NO2P. The number of hydrogen-bond acceptors (Lipinski definition) is 2. The van der Waals surface area contributed by atoms with E-state index in [2.05, 4.69) is 0 Å². The summed E-state index contributed by atoms with van der Waals surface area (Å²) >= 11 is 0. The number of rotatable bonds is 3. The second kappa shape index (κ2) is 3.35. The Balaban J connectivity index is 3.98. The molecule has 3 nitrogen and oxygen atoms in total. The minimum Gasteiger partial charge on any atom is -0.321 e. The summed E-state index contributed by atoms with van der Waals surface area (Å²) in [6, 6.07) is 0. The van der Waals surface area contributed by atoms with Crippen LogP contribution in [0.5, 0.6) is 0 Å². The third-order valence-electron chi connectivity index (χ3n) is 1.42. The number of hydrogen-bond donors (Lipinski definition) is 0. The average molecular weight is 151 g/mol. The van der Waals surface area contributed by atoms with E-state index < -0.39 is 7.52 Å². The molecule has 0 bridgehead atoms. The SMILES string of the molecule is CCN(C)P(C)(=O)OC. The highest BCUT2D eigenvalue weighted by molar-refractivity contribution is 7.55. The Kier molecular flexibility index (Phi) is 3.41. The molecule has 9 heavy (non-hydrogen) atoms. The van der Waals surface area contributed by atoms with Crippen molar-refractivity contribution in [3.63, 3.8) is 0 Å². The Bertz CT molecular complexity index is 126. The fourth-order valence-corrected chi connectivity index (χ4v) is 1.19. The van der Waals surface area contributed by atoms with Crippen molar-refractivity contribution in [3.8, 4) is 0 Å². The van der Waals surface area contributed by atoms with Gasteiger partial charge in [-0.15, -0.1) is 0 Å². The molecule has 0 N–H and O–H groups in total. The molecule has 1 atom stereocenters. The van der Waals surface area contributed by atoms with Crippen LogP contribution in [-0.2, 0) is 9.09 Å². The van der Waals surface area contributed by atoms with Crippen molar-refractivity contribution in [2.75, 3.05) is 27.4 Å². The van der Waals surface area contributed by atoms with Crippen molar-refractivity contribution in [2.24, 2.45) is 0 Å². The van der Waals surface area contributed by atoms with Gasteiger partial charge in [-0.05, 0) is 7.05 Å². The van der Waals surface area contributed by atoms with Crippen LogP contribution in [-0.4, -0.2) is 32.0 Å². The maximum absolute atomic E-state index is 11.2. The average Bonchev–Trinajstić information content (AvgIpc) is 1.86. The lowest BCUT2D eigenvalue weighted by atomic mass is 10.8. The van der Waals surface area contributed by atoms with Gasteiger partial charge in [0.15, 0.2) is 0 Å². The molecule has 0 spiro atoms. The summed E-state index contributed by atoms with van der Waals surface area (Å²) < 4.78 is 17.7. The minimum absolute atomic E-state index is 0.752. The first-order valence-corrected chi connectivity index (χ1v) is 4.92. The highest BCUT2D eigenvalue weighted by atomic mass is 31.2. The van der Waals surface area contributed by atoms with E-state index in [4.69, 9.17) is 4.52 Å². The molecule has 0 aromatic rings. The summed E-state index contributed by atoms with van der Waals surface area (Å²) in [5.41, 5.74) is 0. The van der Waals surface area contributed by atoms with Gasteiger partial charge in [-0.2, -0.15) is 0 Å². The van der Waals surface area contributed by atoms with Crippen LogP contribution in [0.4, 0.5) is 0 Å². The quantitative estimate of drug-likeness (QED) is 0.571. The molecule has 0 amide bonds. The molecule has 0 aliphatic heterocycles. The Morgan fingerprint density at radius 1 is 1.67 bits per heavy atom. The molecule has 0 fully saturated rings. The third-order valence-corrected chi connectivity index (χ3v) is 3.62. The van der Waals surface area contributed by atoms with E-state index in [1.165, 1.54) is 7.11 Å². The molecule has 0 heterocycles. The third kappa shape index (κ3) is 2.48. The molecule has 1 unspecified atom stereocenters. The summed E-state index contributed by atoms with van der Waals surface area (Å²) in [6.45, 7) is 4.30. The van der Waals surface area contributed by atoms with Crippen LogP contribution in [0.2, 0.25) is 0 Å². The van der Waals surface area contributed by atoms with Gasteiger partial charge in [-0.3, -0.25) is 4.57 Å². The molecule has 56 valence electrons. The minimum atomic E-state index is -2.43. The van der Waals surface area contributed by atoms with E-state index in [1.54, 1.807) is 18.4 Å². The largest absolute Gasteiger partial charge is 0.321 e. The first-order chi connectivity index (χ1) is 4.04. The van der Waals surface area contributed by atoms with Crippen molar-refractivity contribution < 1.29 is 9.09 Å². The van der Waals surface area contributed by atoms with Crippen LogP contribution in [0.15, 0.2) is 0 Å². The summed E-state index contributed by atoms with van der Waals surface area (Å²) in [5, 5.41) is 0. The zero-order chi connectivity index (χ0) is 7.49. The molecular weight excluding hydrogens is 137 g/mol. The van der Waals surface area contributed by atoms with E-state index in [1.807, 2.05) is 6.92 Å². The van der Waals surface area contributed by atoms with Gasteiger partial charge in [0.05, 0.1) is 0 Å². The zero-order valence-corrected chi connectivity index (χ0v) is 7.31. The van der Waals surface area contributed by atoms with E-state index in [0.29, 0.717) is 0 Å². The van der Waals surface area contributed by atoms with E-state index in [9.17, 15) is 4.57 Å². The van der Waals surface area contributed by atoms with Gasteiger partial charge in [0.2, 0.25) is 0 Å². The van der Waals surface area contributed by atoms with E-state index in [0.717, 1.165) is 6.54 Å². The second-order valence-electron chi connectivity index (χ2n) is 1.96. The molecule has 0 aromatic carbocycles. The van der Waals surface area contributed by atoms with Crippen molar-refractivity contribution in [1.29, 1.82) is 0 Å². The van der Waals surface area contributed by atoms with Crippen LogP contribution in [0.1, 0.15) is 6.92 Å². The standard InChI is InChI=1S/C5H14NO2P/c1-5-6(2)9(4,7)8-3/h5H2,1-4H3. The predicted molar refractivity (Wildman–Crippen MR) is 38.8 cm³/mol. The maximum Gasteiger partial charge on any atom is 0.268 e. The second-order valence-corrected chi connectivity index (χ2v) is 4.61. The molecule has 0 saturated carbocycles. The van der Waals surface area contributed by atoms with Crippen molar-refractivity contribution in [1.82, 2.24) is 4.67 Å².